The first-order valence-corrected chi connectivity index (χ1v) is 7.42. The van der Waals surface area contributed by atoms with Gasteiger partial charge in [0.25, 0.3) is 0 Å². The topological polar surface area (TPSA) is 58.9 Å². The second-order valence-electron chi connectivity index (χ2n) is 5.32. The van der Waals surface area contributed by atoms with Crippen molar-refractivity contribution in [1.29, 1.82) is 0 Å². The number of hydrogen-bond donors (Lipinski definition) is 1. The van der Waals surface area contributed by atoms with Gasteiger partial charge in [0.15, 0.2) is 0 Å². The Morgan fingerprint density at radius 2 is 1.95 bits per heavy atom. The van der Waals surface area contributed by atoms with Gasteiger partial charge < -0.3 is 14.8 Å². The van der Waals surface area contributed by atoms with Crippen molar-refractivity contribution in [2.24, 2.45) is 0 Å². The van der Waals surface area contributed by atoms with Gasteiger partial charge in [0.2, 0.25) is 0 Å². The summed E-state index contributed by atoms with van der Waals surface area (Å²) in [6.45, 7) is 6.99. The highest BCUT2D eigenvalue weighted by molar-refractivity contribution is 5.98. The van der Waals surface area contributed by atoms with Gasteiger partial charge in [0.1, 0.15) is 12.1 Å². The summed E-state index contributed by atoms with van der Waals surface area (Å²) in [5, 5.41) is 4.46. The zero-order valence-corrected chi connectivity index (χ0v) is 12.1. The molecule has 0 aliphatic carbocycles. The molecular formula is C15H18N6. The molecule has 1 fully saturated rings. The Morgan fingerprint density at radius 1 is 1.10 bits per heavy atom. The summed E-state index contributed by atoms with van der Waals surface area (Å²) in [6.07, 6.45) is 3.56. The third kappa shape index (κ3) is 2.03. The molecule has 3 aromatic rings. The fourth-order valence-electron chi connectivity index (χ4n) is 2.98. The number of piperazine rings is 1. The van der Waals surface area contributed by atoms with Crippen LogP contribution in [0.1, 0.15) is 6.92 Å². The number of anilines is 1. The monoisotopic (exact) mass is 282 g/mol. The highest BCUT2D eigenvalue weighted by atomic mass is 15.2. The molecule has 0 spiro atoms. The van der Waals surface area contributed by atoms with Crippen LogP contribution in [0.2, 0.25) is 0 Å². The van der Waals surface area contributed by atoms with Gasteiger partial charge in [0.05, 0.1) is 22.9 Å². The van der Waals surface area contributed by atoms with Crippen molar-refractivity contribution in [2.75, 3.05) is 31.1 Å². The summed E-state index contributed by atoms with van der Waals surface area (Å²) < 4.78 is 2.14. The Hall–Kier alpha value is -2.21. The average Bonchev–Trinajstić information content (AvgIpc) is 2.95. The van der Waals surface area contributed by atoms with Gasteiger partial charge in [-0.15, -0.1) is 0 Å². The van der Waals surface area contributed by atoms with Crippen molar-refractivity contribution in [3.05, 3.63) is 24.8 Å². The summed E-state index contributed by atoms with van der Waals surface area (Å²) >= 11 is 0. The van der Waals surface area contributed by atoms with Crippen LogP contribution in [0, 0.1) is 0 Å². The first kappa shape index (κ1) is 12.5. The van der Waals surface area contributed by atoms with E-state index in [9.17, 15) is 0 Å². The number of hydrogen-bond acceptors (Lipinski definition) is 5. The number of benzene rings is 1. The summed E-state index contributed by atoms with van der Waals surface area (Å²) in [6, 6.07) is 4.24. The molecule has 0 amide bonds. The number of nitrogens with one attached hydrogen (secondary N) is 1. The number of nitrogens with zero attached hydrogens (tertiary/aromatic N) is 5. The molecule has 2 aromatic heterocycles. The standard InChI is InChI=1S/C15H18N6/c1-2-20-10-19-13-7-11-12(8-14(13)20)17-9-18-15(11)21-5-3-16-4-6-21/h7-10,16H,2-6H2,1H3. The van der Waals surface area contributed by atoms with Gasteiger partial charge in [-0.25, -0.2) is 15.0 Å². The van der Waals surface area contributed by atoms with Crippen molar-refractivity contribution < 1.29 is 0 Å². The van der Waals surface area contributed by atoms with Gasteiger partial charge in [-0.3, -0.25) is 0 Å². The van der Waals surface area contributed by atoms with Crippen LogP contribution in [0.4, 0.5) is 5.82 Å². The average molecular weight is 282 g/mol. The van der Waals surface area contributed by atoms with E-state index in [2.05, 4.69) is 48.8 Å². The van der Waals surface area contributed by atoms with Crippen LogP contribution in [0.3, 0.4) is 0 Å². The largest absolute Gasteiger partial charge is 0.353 e. The molecule has 0 bridgehead atoms. The molecule has 0 radical (unpaired) electrons. The lowest BCUT2D eigenvalue weighted by Crippen LogP contribution is -2.44. The van der Waals surface area contributed by atoms with E-state index in [1.807, 2.05) is 6.33 Å². The van der Waals surface area contributed by atoms with E-state index in [1.165, 1.54) is 0 Å². The molecule has 6 nitrogen and oxygen atoms in total. The third-order valence-electron chi connectivity index (χ3n) is 4.11. The molecule has 1 aromatic carbocycles. The van der Waals surface area contributed by atoms with E-state index in [1.54, 1.807) is 6.33 Å². The molecule has 3 heterocycles. The van der Waals surface area contributed by atoms with Gasteiger partial charge in [0, 0.05) is 38.1 Å². The van der Waals surface area contributed by atoms with Crippen LogP contribution in [0.25, 0.3) is 21.9 Å². The first-order chi connectivity index (χ1) is 10.4. The highest BCUT2D eigenvalue weighted by Gasteiger charge is 2.16. The van der Waals surface area contributed by atoms with Crippen molar-refractivity contribution in [1.82, 2.24) is 24.8 Å². The molecule has 6 heteroatoms. The van der Waals surface area contributed by atoms with E-state index in [0.717, 1.165) is 60.5 Å². The maximum absolute atomic E-state index is 4.52. The normalized spacial score (nSPS) is 16.0. The zero-order valence-electron chi connectivity index (χ0n) is 12.1. The van der Waals surface area contributed by atoms with Crippen LogP contribution in [-0.4, -0.2) is 45.7 Å². The lowest BCUT2D eigenvalue weighted by molar-refractivity contribution is 0.586. The van der Waals surface area contributed by atoms with Crippen LogP contribution >= 0.6 is 0 Å². The second kappa shape index (κ2) is 4.96. The predicted octanol–water partition coefficient (Wildman–Crippen LogP) is 1.41. The maximum Gasteiger partial charge on any atom is 0.140 e. The molecule has 1 aliphatic heterocycles. The van der Waals surface area contributed by atoms with E-state index in [4.69, 9.17) is 0 Å². The van der Waals surface area contributed by atoms with E-state index < -0.39 is 0 Å². The van der Waals surface area contributed by atoms with Crippen molar-refractivity contribution >= 4 is 27.8 Å². The molecule has 4 rings (SSSR count). The lowest BCUT2D eigenvalue weighted by atomic mass is 10.2. The molecule has 1 N–H and O–H groups in total. The molecule has 108 valence electrons. The number of aromatic nitrogens is 4. The van der Waals surface area contributed by atoms with Gasteiger partial charge in [-0.05, 0) is 19.1 Å². The van der Waals surface area contributed by atoms with Gasteiger partial charge in [-0.2, -0.15) is 0 Å². The minimum absolute atomic E-state index is 0.914. The van der Waals surface area contributed by atoms with Crippen LogP contribution in [0.15, 0.2) is 24.8 Å². The smallest absolute Gasteiger partial charge is 0.140 e. The molecule has 0 atom stereocenters. The maximum atomic E-state index is 4.52. The minimum atomic E-state index is 0.914. The lowest BCUT2D eigenvalue weighted by Gasteiger charge is -2.29. The Labute approximate surface area is 122 Å². The quantitative estimate of drug-likeness (QED) is 0.770. The Morgan fingerprint density at radius 3 is 2.76 bits per heavy atom. The molecule has 0 unspecified atom stereocenters. The summed E-state index contributed by atoms with van der Waals surface area (Å²) in [5.41, 5.74) is 3.13. The molecule has 0 saturated carbocycles. The molecule has 1 saturated heterocycles. The van der Waals surface area contributed by atoms with E-state index in [0.29, 0.717) is 0 Å². The molecule has 1 aliphatic rings. The van der Waals surface area contributed by atoms with Crippen molar-refractivity contribution in [2.45, 2.75) is 13.5 Å². The second-order valence-corrected chi connectivity index (χ2v) is 5.32. The van der Waals surface area contributed by atoms with E-state index in [-0.39, 0.29) is 0 Å². The Bertz CT molecular complexity index is 787. The predicted molar refractivity (Wildman–Crippen MR) is 83.6 cm³/mol. The zero-order chi connectivity index (χ0) is 14.2. The van der Waals surface area contributed by atoms with Crippen LogP contribution in [-0.2, 0) is 6.54 Å². The summed E-state index contributed by atoms with van der Waals surface area (Å²) in [4.78, 5) is 15.8. The fraction of sp³-hybridized carbons (Fsp3) is 0.400. The number of fused-ring (bicyclic) bond motifs is 2. The van der Waals surface area contributed by atoms with Gasteiger partial charge in [-0.1, -0.05) is 0 Å². The number of rotatable bonds is 2. The minimum Gasteiger partial charge on any atom is -0.353 e. The van der Waals surface area contributed by atoms with Crippen molar-refractivity contribution in [3.8, 4) is 0 Å². The molecule has 21 heavy (non-hydrogen) atoms. The summed E-state index contributed by atoms with van der Waals surface area (Å²) in [5.74, 6) is 1.02. The number of imidazole rings is 1. The Balaban J connectivity index is 1.91. The number of aryl methyl sites for hydroxylation is 1. The fourth-order valence-corrected chi connectivity index (χ4v) is 2.98. The summed E-state index contributed by atoms with van der Waals surface area (Å²) in [7, 11) is 0. The third-order valence-corrected chi connectivity index (χ3v) is 4.11. The van der Waals surface area contributed by atoms with Crippen molar-refractivity contribution in [3.63, 3.8) is 0 Å². The Kier molecular flexibility index (Phi) is 2.96. The molecular weight excluding hydrogens is 264 g/mol. The highest BCUT2D eigenvalue weighted by Crippen LogP contribution is 2.27. The van der Waals surface area contributed by atoms with Gasteiger partial charge >= 0.3 is 0 Å². The SMILES string of the molecule is CCn1cnc2cc3c(N4CCNCC4)ncnc3cc21. The first-order valence-electron chi connectivity index (χ1n) is 7.42. The van der Waals surface area contributed by atoms with E-state index >= 15 is 0 Å². The van der Waals surface area contributed by atoms with Crippen LogP contribution < -0.4 is 10.2 Å². The van der Waals surface area contributed by atoms with Crippen LogP contribution in [0.5, 0.6) is 0 Å².